The monoisotopic (exact) mass is 451 g/mol. The number of nitrogens with one attached hydrogen (secondary N) is 3. The lowest BCUT2D eigenvalue weighted by molar-refractivity contribution is 0.0950. The summed E-state index contributed by atoms with van der Waals surface area (Å²) >= 11 is 0. The first kappa shape index (κ1) is 21.1. The van der Waals surface area contributed by atoms with Gasteiger partial charge in [-0.3, -0.25) is 20.0 Å². The van der Waals surface area contributed by atoms with Gasteiger partial charge in [-0.15, -0.1) is 0 Å². The quantitative estimate of drug-likeness (QED) is 0.432. The molecule has 168 valence electrons. The van der Waals surface area contributed by atoms with Crippen LogP contribution in [0.4, 0.5) is 10.6 Å². The number of anilines is 1. The molecular weight excluding hydrogens is 430 g/mol. The molecule has 0 unspecified atom stereocenters. The number of hydrogen-bond acceptors (Lipinski definition) is 4. The highest BCUT2D eigenvalue weighted by molar-refractivity contribution is 6.05. The Morgan fingerprint density at radius 2 is 1.35 bits per heavy atom. The van der Waals surface area contributed by atoms with E-state index in [1.807, 2.05) is 42.5 Å². The van der Waals surface area contributed by atoms with Gasteiger partial charge < -0.3 is 10.2 Å². The Morgan fingerprint density at radius 3 is 2.06 bits per heavy atom. The van der Waals surface area contributed by atoms with Gasteiger partial charge in [-0.2, -0.15) is 5.10 Å². The first-order chi connectivity index (χ1) is 16.6. The Balaban J connectivity index is 1.22. The zero-order valence-electron chi connectivity index (χ0n) is 18.1. The summed E-state index contributed by atoms with van der Waals surface area (Å²) in [6, 6.07) is 25.3. The lowest BCUT2D eigenvalue weighted by atomic mass is 10.0. The van der Waals surface area contributed by atoms with Crippen molar-refractivity contribution in [2.24, 2.45) is 0 Å². The van der Waals surface area contributed by atoms with Crippen molar-refractivity contribution in [3.05, 3.63) is 107 Å². The van der Waals surface area contributed by atoms with Crippen LogP contribution in [-0.2, 0) is 13.1 Å². The summed E-state index contributed by atoms with van der Waals surface area (Å²) in [5, 5.41) is 12.3. The first-order valence-electron chi connectivity index (χ1n) is 10.8. The predicted octanol–water partition coefficient (Wildman–Crippen LogP) is 4.19. The molecule has 0 fully saturated rings. The van der Waals surface area contributed by atoms with Crippen LogP contribution in [0.25, 0.3) is 11.1 Å². The fourth-order valence-corrected chi connectivity index (χ4v) is 3.85. The number of rotatable bonds is 4. The number of amides is 4. The topological polar surface area (TPSA) is 107 Å². The van der Waals surface area contributed by atoms with E-state index in [1.165, 1.54) is 4.90 Å². The maximum Gasteiger partial charge on any atom is 0.324 e. The summed E-state index contributed by atoms with van der Waals surface area (Å²) in [5.74, 6) is -0.389. The van der Waals surface area contributed by atoms with Gasteiger partial charge in [0.2, 0.25) is 0 Å². The SMILES string of the molecule is O=C(NC(=O)N1Cc2[nH]nc(NC(=O)c3ccc(-c4ccccc4)cc3)c2C1)c1ccccc1. The van der Waals surface area contributed by atoms with E-state index in [0.717, 1.165) is 22.4 Å². The van der Waals surface area contributed by atoms with Gasteiger partial charge in [-0.25, -0.2) is 4.79 Å². The van der Waals surface area contributed by atoms with E-state index in [4.69, 9.17) is 0 Å². The third-order valence-corrected chi connectivity index (χ3v) is 5.68. The minimum absolute atomic E-state index is 0.224. The summed E-state index contributed by atoms with van der Waals surface area (Å²) in [5.41, 5.74) is 4.43. The van der Waals surface area contributed by atoms with E-state index in [1.54, 1.807) is 42.5 Å². The maximum atomic E-state index is 12.8. The van der Waals surface area contributed by atoms with Crippen molar-refractivity contribution >= 4 is 23.7 Å². The van der Waals surface area contributed by atoms with Crippen LogP contribution < -0.4 is 10.6 Å². The smallest absolute Gasteiger partial charge is 0.314 e. The zero-order valence-corrected chi connectivity index (χ0v) is 18.1. The average molecular weight is 451 g/mol. The number of fused-ring (bicyclic) bond motifs is 1. The standard InChI is InChI=1S/C26H21N5O3/c32-24(20-13-11-18(12-14-20)17-7-3-1-4-8-17)27-23-21-15-31(16-22(21)29-30-23)26(34)28-25(33)19-9-5-2-6-10-19/h1-14H,15-16H2,(H,28,33,34)(H2,27,29,30,32). The van der Waals surface area contributed by atoms with Crippen LogP contribution >= 0.6 is 0 Å². The minimum atomic E-state index is -0.507. The van der Waals surface area contributed by atoms with Crippen molar-refractivity contribution in [1.82, 2.24) is 20.4 Å². The zero-order chi connectivity index (χ0) is 23.5. The number of urea groups is 1. The molecule has 5 rings (SSSR count). The molecular formula is C26H21N5O3. The second-order valence-electron chi connectivity index (χ2n) is 7.91. The van der Waals surface area contributed by atoms with E-state index in [0.29, 0.717) is 16.9 Å². The third-order valence-electron chi connectivity index (χ3n) is 5.68. The predicted molar refractivity (Wildman–Crippen MR) is 127 cm³/mol. The number of aromatic nitrogens is 2. The Labute approximate surface area is 195 Å². The molecule has 0 bridgehead atoms. The number of hydrogen-bond donors (Lipinski definition) is 3. The Morgan fingerprint density at radius 1 is 0.735 bits per heavy atom. The molecule has 4 aromatic rings. The van der Waals surface area contributed by atoms with Crippen LogP contribution in [0.15, 0.2) is 84.9 Å². The number of H-pyrrole nitrogens is 1. The number of nitrogens with zero attached hydrogens (tertiary/aromatic N) is 2. The number of carbonyl (C=O) groups excluding carboxylic acids is 3. The number of benzene rings is 3. The highest BCUT2D eigenvalue weighted by Crippen LogP contribution is 2.27. The van der Waals surface area contributed by atoms with Crippen molar-refractivity contribution in [2.45, 2.75) is 13.1 Å². The van der Waals surface area contributed by atoms with Crippen molar-refractivity contribution in [2.75, 3.05) is 5.32 Å². The summed E-state index contributed by atoms with van der Waals surface area (Å²) in [6.07, 6.45) is 0. The Hall–Kier alpha value is -4.72. The largest absolute Gasteiger partial charge is 0.324 e. The summed E-state index contributed by atoms with van der Waals surface area (Å²) < 4.78 is 0. The average Bonchev–Trinajstić information content (AvgIpc) is 3.47. The van der Waals surface area contributed by atoms with Crippen LogP contribution in [-0.4, -0.2) is 32.9 Å². The lowest BCUT2D eigenvalue weighted by Crippen LogP contribution is -2.40. The molecule has 0 saturated carbocycles. The van der Waals surface area contributed by atoms with E-state index < -0.39 is 11.9 Å². The third kappa shape index (κ3) is 4.29. The van der Waals surface area contributed by atoms with E-state index in [-0.39, 0.29) is 19.0 Å². The molecule has 1 aliphatic rings. The molecule has 8 nitrogen and oxygen atoms in total. The molecule has 0 saturated heterocycles. The van der Waals surface area contributed by atoms with Gasteiger partial charge in [0.15, 0.2) is 5.82 Å². The molecule has 8 heteroatoms. The molecule has 0 radical (unpaired) electrons. The number of aromatic amines is 1. The highest BCUT2D eigenvalue weighted by Gasteiger charge is 2.30. The summed E-state index contributed by atoms with van der Waals surface area (Å²) in [6.45, 7) is 0.486. The minimum Gasteiger partial charge on any atom is -0.314 e. The van der Waals surface area contributed by atoms with Crippen molar-refractivity contribution < 1.29 is 14.4 Å². The van der Waals surface area contributed by atoms with Gasteiger partial charge in [0, 0.05) is 16.7 Å². The van der Waals surface area contributed by atoms with Gasteiger partial charge in [0.05, 0.1) is 18.8 Å². The second-order valence-corrected chi connectivity index (χ2v) is 7.91. The van der Waals surface area contributed by atoms with Crippen LogP contribution in [0.5, 0.6) is 0 Å². The molecule has 1 aromatic heterocycles. The Bertz CT molecular complexity index is 1350. The molecule has 0 spiro atoms. The maximum absolute atomic E-state index is 12.8. The molecule has 3 N–H and O–H groups in total. The van der Waals surface area contributed by atoms with Gasteiger partial charge in [-0.05, 0) is 35.4 Å². The molecule has 1 aliphatic heterocycles. The normalized spacial score (nSPS) is 12.2. The summed E-state index contributed by atoms with van der Waals surface area (Å²) in [7, 11) is 0. The van der Waals surface area contributed by atoms with Gasteiger partial charge in [0.25, 0.3) is 11.8 Å². The van der Waals surface area contributed by atoms with Gasteiger partial charge in [0.1, 0.15) is 0 Å². The molecule has 4 amide bonds. The van der Waals surface area contributed by atoms with Crippen molar-refractivity contribution in [3.8, 4) is 11.1 Å². The van der Waals surface area contributed by atoms with Gasteiger partial charge >= 0.3 is 6.03 Å². The van der Waals surface area contributed by atoms with E-state index >= 15 is 0 Å². The fraction of sp³-hybridized carbons (Fsp3) is 0.0769. The van der Waals surface area contributed by atoms with Crippen molar-refractivity contribution in [3.63, 3.8) is 0 Å². The highest BCUT2D eigenvalue weighted by atomic mass is 16.2. The summed E-state index contributed by atoms with van der Waals surface area (Å²) in [4.78, 5) is 39.1. The molecule has 34 heavy (non-hydrogen) atoms. The van der Waals surface area contributed by atoms with E-state index in [2.05, 4.69) is 20.8 Å². The fourth-order valence-electron chi connectivity index (χ4n) is 3.85. The van der Waals surface area contributed by atoms with E-state index in [9.17, 15) is 14.4 Å². The Kier molecular flexibility index (Phi) is 5.61. The molecule has 2 heterocycles. The first-order valence-corrected chi connectivity index (χ1v) is 10.8. The molecule has 0 atom stereocenters. The van der Waals surface area contributed by atoms with Crippen molar-refractivity contribution in [1.29, 1.82) is 0 Å². The van der Waals surface area contributed by atoms with Crippen LogP contribution in [0.1, 0.15) is 32.0 Å². The van der Waals surface area contributed by atoms with Crippen LogP contribution in [0, 0.1) is 0 Å². The van der Waals surface area contributed by atoms with Crippen LogP contribution in [0.3, 0.4) is 0 Å². The van der Waals surface area contributed by atoms with Crippen LogP contribution in [0.2, 0.25) is 0 Å². The number of carbonyl (C=O) groups is 3. The lowest BCUT2D eigenvalue weighted by Gasteiger charge is -2.16. The number of imide groups is 1. The van der Waals surface area contributed by atoms with Gasteiger partial charge in [-0.1, -0.05) is 60.7 Å². The molecule has 0 aliphatic carbocycles. The second kappa shape index (κ2) is 9.03. The molecule has 3 aromatic carbocycles.